The van der Waals surface area contributed by atoms with Crippen LogP contribution >= 0.6 is 22.6 Å². The van der Waals surface area contributed by atoms with Gasteiger partial charge in [-0.1, -0.05) is 53.6 Å². The molecule has 0 radical (unpaired) electrons. The molecule has 1 saturated carbocycles. The van der Waals surface area contributed by atoms with Crippen LogP contribution in [-0.2, 0) is 16.8 Å². The quantitative estimate of drug-likeness (QED) is 0.330. The van der Waals surface area contributed by atoms with Crippen molar-refractivity contribution in [1.82, 2.24) is 9.88 Å². The first-order chi connectivity index (χ1) is 16.1. The first-order valence-corrected chi connectivity index (χ1v) is 13.7. The Hall–Kier alpha value is -1.71. The Morgan fingerprint density at radius 2 is 1.79 bits per heavy atom. The number of benzene rings is 1. The summed E-state index contributed by atoms with van der Waals surface area (Å²) in [6.07, 6.45) is 7.05. The average molecular weight is 560 g/mol. The Morgan fingerprint density at radius 1 is 1.03 bits per heavy atom. The van der Waals surface area contributed by atoms with Crippen molar-refractivity contribution in [3.05, 3.63) is 53.9 Å². The van der Waals surface area contributed by atoms with Gasteiger partial charge in [-0.25, -0.2) is 0 Å². The molecule has 5 rings (SSSR count). The summed E-state index contributed by atoms with van der Waals surface area (Å²) >= 11 is 2.44. The van der Waals surface area contributed by atoms with Gasteiger partial charge in [0, 0.05) is 44.3 Å². The van der Waals surface area contributed by atoms with Gasteiger partial charge in [0.05, 0.1) is 22.1 Å². The van der Waals surface area contributed by atoms with Crippen molar-refractivity contribution in [2.24, 2.45) is 5.92 Å². The van der Waals surface area contributed by atoms with Gasteiger partial charge in [0.1, 0.15) is 5.60 Å². The molecule has 1 aromatic heterocycles. The zero-order valence-corrected chi connectivity index (χ0v) is 21.3. The normalized spacial score (nSPS) is 23.5. The number of aliphatic hydroxyl groups is 1. The maximum Gasteiger partial charge on any atom is 0.230 e. The SMILES string of the molecule is O=C1[C@H](Cc2ccccc2N2CCN(CI)CC2)CCN1c1ccc(C2(O)CCCC2)nc1. The molecular formula is C26H33IN4O2. The molecule has 1 aromatic carbocycles. The van der Waals surface area contributed by atoms with Crippen LogP contribution in [0.5, 0.6) is 0 Å². The minimum Gasteiger partial charge on any atom is -0.384 e. The molecule has 1 N–H and O–H groups in total. The third kappa shape index (κ3) is 4.77. The molecule has 3 aliphatic rings. The van der Waals surface area contributed by atoms with Gasteiger partial charge in [-0.05, 0) is 49.4 Å². The van der Waals surface area contributed by atoms with Gasteiger partial charge >= 0.3 is 0 Å². The lowest BCUT2D eigenvalue weighted by atomic mass is 9.96. The number of hydrogen-bond donors (Lipinski definition) is 1. The number of para-hydroxylation sites is 1. The summed E-state index contributed by atoms with van der Waals surface area (Å²) in [5.74, 6) is 0.189. The van der Waals surface area contributed by atoms with Crippen LogP contribution < -0.4 is 9.80 Å². The second-order valence-electron chi connectivity index (χ2n) is 9.67. The van der Waals surface area contributed by atoms with E-state index in [0.717, 1.165) is 87.2 Å². The summed E-state index contributed by atoms with van der Waals surface area (Å²) in [5.41, 5.74) is 3.35. The molecule has 0 spiro atoms. The summed E-state index contributed by atoms with van der Waals surface area (Å²) in [7, 11) is 0. The van der Waals surface area contributed by atoms with E-state index in [2.05, 4.69) is 61.6 Å². The lowest BCUT2D eigenvalue weighted by Crippen LogP contribution is -2.46. The van der Waals surface area contributed by atoms with Gasteiger partial charge in [-0.15, -0.1) is 0 Å². The lowest BCUT2D eigenvalue weighted by Gasteiger charge is -2.36. The summed E-state index contributed by atoms with van der Waals surface area (Å²) in [5, 5.41) is 10.8. The highest BCUT2D eigenvalue weighted by Gasteiger charge is 2.36. The minimum absolute atomic E-state index is 0.000442. The minimum atomic E-state index is -0.790. The Kier molecular flexibility index (Phi) is 6.90. The molecule has 3 fully saturated rings. The highest BCUT2D eigenvalue weighted by atomic mass is 127. The molecule has 2 aliphatic heterocycles. The van der Waals surface area contributed by atoms with E-state index in [-0.39, 0.29) is 11.8 Å². The number of halogens is 1. The van der Waals surface area contributed by atoms with Crippen LogP contribution in [0.25, 0.3) is 0 Å². The Balaban J connectivity index is 1.26. The molecule has 1 atom stereocenters. The number of alkyl halides is 1. The number of rotatable bonds is 6. The average Bonchev–Trinajstić information content (AvgIpc) is 3.46. The van der Waals surface area contributed by atoms with Crippen LogP contribution in [0.15, 0.2) is 42.6 Å². The van der Waals surface area contributed by atoms with Gasteiger partial charge < -0.3 is 14.9 Å². The number of anilines is 2. The van der Waals surface area contributed by atoms with Crippen LogP contribution in [0.2, 0.25) is 0 Å². The van der Waals surface area contributed by atoms with E-state index in [4.69, 9.17) is 0 Å². The van der Waals surface area contributed by atoms with E-state index >= 15 is 0 Å². The predicted molar refractivity (Wildman–Crippen MR) is 140 cm³/mol. The molecule has 0 unspecified atom stereocenters. The fourth-order valence-corrected chi connectivity index (χ4v) is 6.27. The molecule has 2 saturated heterocycles. The highest BCUT2D eigenvalue weighted by molar-refractivity contribution is 14.1. The van der Waals surface area contributed by atoms with Crippen LogP contribution in [0.1, 0.15) is 43.4 Å². The lowest BCUT2D eigenvalue weighted by molar-refractivity contribution is -0.120. The van der Waals surface area contributed by atoms with Gasteiger partial charge in [-0.2, -0.15) is 0 Å². The largest absolute Gasteiger partial charge is 0.384 e. The smallest absolute Gasteiger partial charge is 0.230 e. The molecule has 3 heterocycles. The van der Waals surface area contributed by atoms with E-state index in [1.54, 1.807) is 6.20 Å². The van der Waals surface area contributed by atoms with Crippen molar-refractivity contribution in [3.8, 4) is 0 Å². The van der Waals surface area contributed by atoms with Crippen molar-refractivity contribution < 1.29 is 9.90 Å². The summed E-state index contributed by atoms with van der Waals surface area (Å²) in [6.45, 7) is 4.98. The Labute approximate surface area is 210 Å². The number of hydrogen-bond acceptors (Lipinski definition) is 5. The molecular weight excluding hydrogens is 527 g/mol. The van der Waals surface area contributed by atoms with Crippen LogP contribution in [0, 0.1) is 5.92 Å². The number of carbonyl (C=O) groups excluding carboxylic acids is 1. The Morgan fingerprint density at radius 3 is 2.48 bits per heavy atom. The van der Waals surface area contributed by atoms with Crippen molar-refractivity contribution in [2.45, 2.75) is 44.1 Å². The zero-order chi connectivity index (χ0) is 22.8. The zero-order valence-electron chi connectivity index (χ0n) is 19.1. The second-order valence-corrected chi connectivity index (χ2v) is 10.4. The molecule has 6 nitrogen and oxygen atoms in total. The van der Waals surface area contributed by atoms with Crippen molar-refractivity contribution in [3.63, 3.8) is 0 Å². The third-order valence-corrected chi connectivity index (χ3v) is 8.59. The van der Waals surface area contributed by atoms with Crippen molar-refractivity contribution in [1.29, 1.82) is 0 Å². The summed E-state index contributed by atoms with van der Waals surface area (Å²) in [6, 6.07) is 12.5. The first kappa shape index (κ1) is 23.1. The summed E-state index contributed by atoms with van der Waals surface area (Å²) < 4.78 is 1.08. The summed E-state index contributed by atoms with van der Waals surface area (Å²) in [4.78, 5) is 24.7. The maximum absolute atomic E-state index is 13.3. The van der Waals surface area contributed by atoms with E-state index < -0.39 is 5.60 Å². The molecule has 2 aromatic rings. The standard InChI is InChI=1S/C26H33IN4O2/c27-19-29-13-15-30(16-14-29)23-6-2-1-5-20(23)17-21-9-12-31(25(21)32)22-7-8-24(28-18-22)26(33)10-3-4-11-26/h1-2,5-8,18,21,33H,3-4,9-17,19H2/t21-/m0/s1. The molecule has 1 aliphatic carbocycles. The number of amides is 1. The monoisotopic (exact) mass is 560 g/mol. The van der Waals surface area contributed by atoms with Gasteiger partial charge in [0.25, 0.3) is 0 Å². The van der Waals surface area contributed by atoms with Gasteiger partial charge in [-0.3, -0.25) is 14.7 Å². The highest BCUT2D eigenvalue weighted by Crippen LogP contribution is 2.38. The molecule has 7 heteroatoms. The molecule has 0 bridgehead atoms. The van der Waals surface area contributed by atoms with E-state index in [1.165, 1.54) is 11.3 Å². The van der Waals surface area contributed by atoms with Crippen LogP contribution in [0.3, 0.4) is 0 Å². The third-order valence-electron chi connectivity index (χ3n) is 7.62. The first-order valence-electron chi connectivity index (χ1n) is 12.2. The van der Waals surface area contributed by atoms with Crippen LogP contribution in [0.4, 0.5) is 11.4 Å². The van der Waals surface area contributed by atoms with Gasteiger partial charge in [0.15, 0.2) is 0 Å². The molecule has 1 amide bonds. The maximum atomic E-state index is 13.3. The van der Waals surface area contributed by atoms with Gasteiger partial charge in [0.2, 0.25) is 5.91 Å². The number of piperazine rings is 1. The van der Waals surface area contributed by atoms with Crippen LogP contribution in [-0.4, -0.2) is 58.2 Å². The number of aromatic nitrogens is 1. The van der Waals surface area contributed by atoms with Crippen molar-refractivity contribution >= 4 is 39.9 Å². The predicted octanol–water partition coefficient (Wildman–Crippen LogP) is 3.95. The van der Waals surface area contributed by atoms with E-state index in [9.17, 15) is 9.90 Å². The fourth-order valence-electron chi connectivity index (χ4n) is 5.59. The number of pyridine rings is 1. The fraction of sp³-hybridized carbons (Fsp3) is 0.538. The van der Waals surface area contributed by atoms with E-state index in [1.807, 2.05) is 17.0 Å². The number of carbonyl (C=O) groups is 1. The van der Waals surface area contributed by atoms with E-state index in [0.29, 0.717) is 0 Å². The second kappa shape index (κ2) is 9.88. The Bertz CT molecular complexity index is 969. The van der Waals surface area contributed by atoms with Crippen molar-refractivity contribution in [2.75, 3.05) is 47.1 Å². The molecule has 176 valence electrons. The topological polar surface area (TPSA) is 59.9 Å². The number of nitrogens with zero attached hydrogens (tertiary/aromatic N) is 4. The molecule has 33 heavy (non-hydrogen) atoms.